The average molecular weight is 549 g/mol. The van der Waals surface area contributed by atoms with E-state index in [2.05, 4.69) is 136 Å². The lowest BCUT2D eigenvalue weighted by atomic mass is 9.90. The third-order valence-corrected chi connectivity index (χ3v) is 8.53. The zero-order valence-corrected chi connectivity index (χ0v) is 25.2. The number of aromatic nitrogens is 4. The minimum absolute atomic E-state index is 0.175. The molecule has 0 unspecified atom stereocenters. The Kier molecular flexibility index (Phi) is 6.05. The van der Waals surface area contributed by atoms with Crippen LogP contribution >= 0.6 is 0 Å². The van der Waals surface area contributed by atoms with Gasteiger partial charge in [0, 0.05) is 45.0 Å². The van der Waals surface area contributed by atoms with E-state index in [1.54, 1.807) is 0 Å². The number of rotatable bonds is 2. The third-order valence-electron chi connectivity index (χ3n) is 8.53. The maximum absolute atomic E-state index is 5.40. The number of aryl methyl sites for hydroxylation is 4. The predicted molar refractivity (Wildman–Crippen MR) is 176 cm³/mol. The van der Waals surface area contributed by atoms with Gasteiger partial charge in [-0.3, -0.25) is 9.97 Å². The second-order valence-electron chi connectivity index (χ2n) is 12.5. The lowest BCUT2D eigenvalue weighted by Crippen LogP contribution is -2.09. The Morgan fingerprint density at radius 2 is 1.29 bits per heavy atom. The quantitative estimate of drug-likeness (QED) is 0.238. The number of benzene rings is 2. The van der Waals surface area contributed by atoms with E-state index in [1.807, 2.05) is 0 Å². The molecule has 42 heavy (non-hydrogen) atoms. The zero-order chi connectivity index (χ0) is 29.2. The molecule has 8 bridgehead atoms. The second-order valence-corrected chi connectivity index (χ2v) is 12.5. The summed E-state index contributed by atoms with van der Waals surface area (Å²) < 4.78 is 0. The van der Waals surface area contributed by atoms with Crippen LogP contribution < -0.4 is 10.7 Å². The lowest BCUT2D eigenvalue weighted by Gasteiger charge is -2.13. The minimum atomic E-state index is -0.175. The molecule has 208 valence electrons. The first kappa shape index (κ1) is 26.2. The van der Waals surface area contributed by atoms with Crippen LogP contribution in [-0.2, 0) is 11.8 Å². The van der Waals surface area contributed by atoms with Crippen LogP contribution in [0.5, 0.6) is 0 Å². The van der Waals surface area contributed by atoms with Crippen LogP contribution in [0.1, 0.15) is 47.5 Å². The molecule has 2 aromatic carbocycles. The van der Waals surface area contributed by atoms with Crippen molar-refractivity contribution in [1.82, 2.24) is 19.9 Å². The molecular formula is C38H36N4. The highest BCUT2D eigenvalue weighted by Gasteiger charge is 2.23. The fraction of sp³-hybridized carbons (Fsp3) is 0.211. The summed E-state index contributed by atoms with van der Waals surface area (Å²) in [7, 11) is 0. The molecule has 5 heterocycles. The summed E-state index contributed by atoms with van der Waals surface area (Å²) in [5.74, 6) is 0. The van der Waals surface area contributed by atoms with Crippen molar-refractivity contribution in [3.63, 3.8) is 0 Å². The Hall–Kier alpha value is -4.70. The predicted octanol–water partition coefficient (Wildman–Crippen LogP) is 7.66. The van der Waals surface area contributed by atoms with E-state index >= 15 is 0 Å². The molecule has 0 spiro atoms. The highest BCUT2D eigenvalue weighted by Crippen LogP contribution is 2.32. The van der Waals surface area contributed by atoms with Crippen molar-refractivity contribution in [2.75, 3.05) is 0 Å². The molecule has 3 aromatic heterocycles. The van der Waals surface area contributed by atoms with Crippen molar-refractivity contribution in [2.45, 2.75) is 53.4 Å². The van der Waals surface area contributed by atoms with E-state index in [0.29, 0.717) is 0 Å². The monoisotopic (exact) mass is 548 g/mol. The molecule has 2 N–H and O–H groups in total. The molecule has 7 rings (SSSR count). The summed E-state index contributed by atoms with van der Waals surface area (Å²) >= 11 is 0. The van der Waals surface area contributed by atoms with Crippen molar-refractivity contribution in [3.05, 3.63) is 117 Å². The van der Waals surface area contributed by atoms with E-state index < -0.39 is 0 Å². The van der Waals surface area contributed by atoms with Crippen LogP contribution in [0, 0.1) is 27.7 Å². The molecule has 0 fully saturated rings. The molecule has 4 nitrogen and oxygen atoms in total. The molecule has 2 aliphatic rings. The SMILES string of the molecule is Cc1ccc(-c2c3nc(c(-c4c(C)cc(C)cc4C)c4ccc(cc5nc(cc6ccc2[nH]6)C(C)(C)C=5)[nH]4)=CC3)cc1. The molecule has 0 saturated heterocycles. The normalized spacial score (nSPS) is 14.0. The number of hydrogen-bond donors (Lipinski definition) is 2. The summed E-state index contributed by atoms with van der Waals surface area (Å²) in [5, 5.41) is 1.97. The van der Waals surface area contributed by atoms with Gasteiger partial charge < -0.3 is 9.97 Å². The molecule has 0 aliphatic carbocycles. The van der Waals surface area contributed by atoms with Gasteiger partial charge in [-0.25, -0.2) is 0 Å². The number of hydrogen-bond acceptors (Lipinski definition) is 2. The molecule has 0 radical (unpaired) electrons. The van der Waals surface area contributed by atoms with Crippen LogP contribution in [0.2, 0.25) is 0 Å². The number of H-pyrrole nitrogens is 2. The van der Waals surface area contributed by atoms with E-state index in [1.165, 1.54) is 27.8 Å². The van der Waals surface area contributed by atoms with Crippen LogP contribution in [0.3, 0.4) is 0 Å². The Morgan fingerprint density at radius 1 is 0.643 bits per heavy atom. The molecule has 5 aromatic rings. The maximum Gasteiger partial charge on any atom is 0.0696 e. The molecule has 0 saturated carbocycles. The average Bonchev–Trinajstić information content (AvgIpc) is 3.72. The summed E-state index contributed by atoms with van der Waals surface area (Å²) in [6.07, 6.45) is 5.30. The van der Waals surface area contributed by atoms with E-state index in [-0.39, 0.29) is 5.41 Å². The van der Waals surface area contributed by atoms with E-state index in [4.69, 9.17) is 9.97 Å². The number of nitrogens with zero attached hydrogens (tertiary/aromatic N) is 2. The van der Waals surface area contributed by atoms with Crippen LogP contribution in [-0.4, -0.2) is 19.9 Å². The van der Waals surface area contributed by atoms with E-state index in [0.717, 1.165) is 67.3 Å². The van der Waals surface area contributed by atoms with Crippen molar-refractivity contribution in [3.8, 4) is 22.3 Å². The standard InChI is InChI=1S/C38H36N4/c1-22-7-9-26(10-8-22)36-30-13-12-28(40-30)20-34-38(5,6)21-29(41-34)19-27-11-14-32(39-27)37(33-16-15-31(36)42-33)35-24(3)17-23(2)18-25(35)4/h7-14,16-21,39-40H,15H2,1-6H3. The summed E-state index contributed by atoms with van der Waals surface area (Å²) in [6.45, 7) is 13.2. The van der Waals surface area contributed by atoms with E-state index in [9.17, 15) is 0 Å². The Morgan fingerprint density at radius 3 is 1.98 bits per heavy atom. The topological polar surface area (TPSA) is 57.4 Å². The highest BCUT2D eigenvalue weighted by molar-refractivity contribution is 5.88. The van der Waals surface area contributed by atoms with Crippen molar-refractivity contribution in [2.24, 2.45) is 0 Å². The van der Waals surface area contributed by atoms with Crippen molar-refractivity contribution >= 4 is 34.2 Å². The Bertz CT molecular complexity index is 2150. The summed E-state index contributed by atoms with van der Waals surface area (Å²) in [4.78, 5) is 17.9. The number of aromatic amines is 2. The van der Waals surface area contributed by atoms with Gasteiger partial charge in [-0.1, -0.05) is 67.4 Å². The van der Waals surface area contributed by atoms with Crippen molar-refractivity contribution in [1.29, 1.82) is 0 Å². The fourth-order valence-corrected chi connectivity index (χ4v) is 6.56. The smallest absolute Gasteiger partial charge is 0.0696 e. The van der Waals surface area contributed by atoms with Gasteiger partial charge in [-0.05, 0) is 92.4 Å². The van der Waals surface area contributed by atoms with Gasteiger partial charge in [-0.2, -0.15) is 0 Å². The second kappa shape index (κ2) is 9.70. The fourth-order valence-electron chi connectivity index (χ4n) is 6.56. The van der Waals surface area contributed by atoms with Gasteiger partial charge in [0.15, 0.2) is 0 Å². The first-order valence-corrected chi connectivity index (χ1v) is 14.7. The van der Waals surface area contributed by atoms with Crippen LogP contribution in [0.15, 0.2) is 72.8 Å². The number of fused-ring (bicyclic) bond motifs is 8. The lowest BCUT2D eigenvalue weighted by molar-refractivity contribution is 0.706. The van der Waals surface area contributed by atoms with Gasteiger partial charge in [0.25, 0.3) is 0 Å². The Balaban J connectivity index is 1.67. The minimum Gasteiger partial charge on any atom is -0.355 e. The zero-order valence-electron chi connectivity index (χ0n) is 25.2. The molecule has 0 atom stereocenters. The summed E-state index contributed by atoms with van der Waals surface area (Å²) in [5.41, 5.74) is 15.8. The first-order chi connectivity index (χ1) is 20.1. The maximum atomic E-state index is 5.40. The third kappa shape index (κ3) is 4.57. The van der Waals surface area contributed by atoms with Gasteiger partial charge in [0.1, 0.15) is 0 Å². The van der Waals surface area contributed by atoms with Gasteiger partial charge in [0.05, 0.1) is 22.1 Å². The largest absolute Gasteiger partial charge is 0.355 e. The van der Waals surface area contributed by atoms with Crippen molar-refractivity contribution < 1.29 is 0 Å². The van der Waals surface area contributed by atoms with Gasteiger partial charge >= 0.3 is 0 Å². The Labute approximate surface area is 246 Å². The first-order valence-electron chi connectivity index (χ1n) is 14.7. The molecular weight excluding hydrogens is 512 g/mol. The van der Waals surface area contributed by atoms with Crippen LogP contribution in [0.25, 0.3) is 56.5 Å². The molecule has 4 heteroatoms. The molecule has 2 aliphatic heterocycles. The van der Waals surface area contributed by atoms with Crippen LogP contribution in [0.4, 0.5) is 0 Å². The van der Waals surface area contributed by atoms with Gasteiger partial charge in [-0.15, -0.1) is 0 Å². The molecule has 0 amide bonds. The van der Waals surface area contributed by atoms with Gasteiger partial charge in [0.2, 0.25) is 0 Å². The summed E-state index contributed by atoms with van der Waals surface area (Å²) in [6, 6.07) is 26.3. The highest BCUT2D eigenvalue weighted by atomic mass is 14.8. The number of nitrogens with one attached hydrogen (secondary N) is 2.